The van der Waals surface area contributed by atoms with Crippen LogP contribution in [0.3, 0.4) is 0 Å². The van der Waals surface area contributed by atoms with Gasteiger partial charge in [0.25, 0.3) is 0 Å². The summed E-state index contributed by atoms with van der Waals surface area (Å²) in [7, 11) is 4.89. The minimum absolute atomic E-state index is 0. The molecule has 0 spiro atoms. The number of hydrogen-bond acceptors (Lipinski definition) is 4. The van der Waals surface area contributed by atoms with Crippen molar-refractivity contribution in [3.8, 4) is 11.5 Å². The Morgan fingerprint density at radius 1 is 1.10 bits per heavy atom. The number of ether oxygens (including phenoxy) is 2. The standard InChI is InChI=1S/C23H31FN4O2.HI/c1-25-23(26-15-17-9-10-22(30-3)20(24)13-17)27-16-21(28-11-4-5-12-28)18-7-6-8-19(14-18)29-2;/h6-10,13-14,21H,4-5,11-12,15-16H2,1-3H3,(H2,25,26,27);1H. The lowest BCUT2D eigenvalue weighted by Gasteiger charge is -2.29. The Morgan fingerprint density at radius 2 is 1.87 bits per heavy atom. The number of nitrogens with one attached hydrogen (secondary N) is 2. The molecule has 0 radical (unpaired) electrons. The zero-order valence-corrected chi connectivity index (χ0v) is 20.7. The summed E-state index contributed by atoms with van der Waals surface area (Å²) >= 11 is 0. The molecule has 8 heteroatoms. The number of hydrogen-bond donors (Lipinski definition) is 2. The maximum Gasteiger partial charge on any atom is 0.191 e. The summed E-state index contributed by atoms with van der Waals surface area (Å²) in [5.74, 6) is 1.42. The highest BCUT2D eigenvalue weighted by Crippen LogP contribution is 2.27. The van der Waals surface area contributed by atoms with Crippen molar-refractivity contribution >= 4 is 29.9 Å². The number of methoxy groups -OCH3 is 2. The topological polar surface area (TPSA) is 58.1 Å². The first kappa shape index (κ1) is 25.2. The molecule has 0 amide bonds. The lowest BCUT2D eigenvalue weighted by molar-refractivity contribution is 0.245. The minimum Gasteiger partial charge on any atom is -0.497 e. The minimum atomic E-state index is -0.369. The highest BCUT2D eigenvalue weighted by molar-refractivity contribution is 14.0. The molecule has 31 heavy (non-hydrogen) atoms. The monoisotopic (exact) mass is 542 g/mol. The molecule has 1 aliphatic rings. The van der Waals surface area contributed by atoms with Gasteiger partial charge in [0.2, 0.25) is 0 Å². The van der Waals surface area contributed by atoms with Crippen molar-refractivity contribution in [3.63, 3.8) is 0 Å². The molecule has 1 aliphatic heterocycles. The molecule has 2 aromatic rings. The maximum absolute atomic E-state index is 13.9. The SMILES string of the molecule is CN=C(NCc1ccc(OC)c(F)c1)NCC(c1cccc(OC)c1)N1CCCC1.I. The first-order valence-electron chi connectivity index (χ1n) is 10.3. The number of likely N-dealkylation sites (tertiary alicyclic amines) is 1. The summed E-state index contributed by atoms with van der Waals surface area (Å²) in [6, 6.07) is 13.4. The molecule has 170 valence electrons. The maximum atomic E-state index is 13.9. The van der Waals surface area contributed by atoms with E-state index in [-0.39, 0.29) is 41.6 Å². The summed E-state index contributed by atoms with van der Waals surface area (Å²) in [6.07, 6.45) is 2.44. The van der Waals surface area contributed by atoms with Crippen molar-refractivity contribution in [2.24, 2.45) is 4.99 Å². The van der Waals surface area contributed by atoms with Crippen LogP contribution in [0.1, 0.15) is 30.0 Å². The van der Waals surface area contributed by atoms with Gasteiger partial charge in [-0.2, -0.15) is 0 Å². The molecule has 1 atom stereocenters. The van der Waals surface area contributed by atoms with E-state index in [9.17, 15) is 4.39 Å². The Balaban J connectivity index is 0.00000341. The third-order valence-electron chi connectivity index (χ3n) is 5.42. The zero-order chi connectivity index (χ0) is 21.3. The molecule has 1 saturated heterocycles. The van der Waals surface area contributed by atoms with E-state index in [4.69, 9.17) is 9.47 Å². The average Bonchev–Trinajstić information content (AvgIpc) is 3.31. The van der Waals surface area contributed by atoms with Crippen LogP contribution in [0.25, 0.3) is 0 Å². The highest BCUT2D eigenvalue weighted by atomic mass is 127. The molecule has 1 unspecified atom stereocenters. The Labute approximate surface area is 201 Å². The van der Waals surface area contributed by atoms with E-state index < -0.39 is 0 Å². The third kappa shape index (κ3) is 6.96. The molecule has 1 heterocycles. The van der Waals surface area contributed by atoms with Crippen molar-refractivity contribution in [1.29, 1.82) is 0 Å². The van der Waals surface area contributed by atoms with E-state index >= 15 is 0 Å². The molecule has 1 fully saturated rings. The molecule has 3 rings (SSSR count). The lowest BCUT2D eigenvalue weighted by atomic mass is 10.1. The molecule has 6 nitrogen and oxygen atoms in total. The second kappa shape index (κ2) is 12.7. The van der Waals surface area contributed by atoms with Gasteiger partial charge in [-0.05, 0) is 61.3 Å². The van der Waals surface area contributed by atoms with Gasteiger partial charge in [0, 0.05) is 20.1 Å². The van der Waals surface area contributed by atoms with Crippen LogP contribution in [-0.4, -0.2) is 51.8 Å². The second-order valence-corrected chi connectivity index (χ2v) is 7.31. The molecule has 2 N–H and O–H groups in total. The normalized spacial score (nSPS) is 15.2. The highest BCUT2D eigenvalue weighted by Gasteiger charge is 2.24. The number of nitrogens with zero attached hydrogens (tertiary/aromatic N) is 2. The van der Waals surface area contributed by atoms with Gasteiger partial charge in [0.1, 0.15) is 5.75 Å². The van der Waals surface area contributed by atoms with Gasteiger partial charge in [0.15, 0.2) is 17.5 Å². The average molecular weight is 542 g/mol. The Hall–Kier alpha value is -2.07. The number of rotatable bonds is 8. The largest absolute Gasteiger partial charge is 0.497 e. The van der Waals surface area contributed by atoms with Crippen molar-refractivity contribution in [1.82, 2.24) is 15.5 Å². The van der Waals surface area contributed by atoms with Crippen molar-refractivity contribution in [2.45, 2.75) is 25.4 Å². The predicted octanol–water partition coefficient (Wildman–Crippen LogP) is 3.96. The summed E-state index contributed by atoms with van der Waals surface area (Å²) in [5.41, 5.74) is 2.04. The summed E-state index contributed by atoms with van der Waals surface area (Å²) in [4.78, 5) is 6.81. The number of guanidine groups is 1. The molecule has 0 aromatic heterocycles. The fourth-order valence-corrected chi connectivity index (χ4v) is 3.78. The molecule has 0 bridgehead atoms. The molecular formula is C23H32FIN4O2. The number of halogens is 2. The van der Waals surface area contributed by atoms with Gasteiger partial charge < -0.3 is 20.1 Å². The van der Waals surface area contributed by atoms with Gasteiger partial charge >= 0.3 is 0 Å². The van der Waals surface area contributed by atoms with Gasteiger partial charge in [-0.1, -0.05) is 18.2 Å². The summed E-state index contributed by atoms with van der Waals surface area (Å²) < 4.78 is 24.3. The van der Waals surface area contributed by atoms with E-state index in [1.807, 2.05) is 18.2 Å². The Bertz CT molecular complexity index is 859. The van der Waals surface area contributed by atoms with Crippen molar-refractivity contribution in [2.75, 3.05) is 40.9 Å². The van der Waals surface area contributed by atoms with Crippen LogP contribution in [0.2, 0.25) is 0 Å². The molecule has 0 aliphatic carbocycles. The van der Waals surface area contributed by atoms with Crippen molar-refractivity contribution in [3.05, 3.63) is 59.4 Å². The van der Waals surface area contributed by atoms with Gasteiger partial charge in [-0.15, -0.1) is 24.0 Å². The van der Waals surface area contributed by atoms with Gasteiger partial charge in [-0.25, -0.2) is 4.39 Å². The van der Waals surface area contributed by atoms with E-state index in [0.29, 0.717) is 19.0 Å². The van der Waals surface area contributed by atoms with Crippen LogP contribution < -0.4 is 20.1 Å². The van der Waals surface area contributed by atoms with Crippen LogP contribution in [-0.2, 0) is 6.54 Å². The Kier molecular flexibility index (Phi) is 10.3. The van der Waals surface area contributed by atoms with E-state index in [1.165, 1.54) is 31.6 Å². The number of aliphatic imine (C=N–C) groups is 1. The third-order valence-corrected chi connectivity index (χ3v) is 5.42. The second-order valence-electron chi connectivity index (χ2n) is 7.31. The van der Waals surface area contributed by atoms with Crippen LogP contribution in [0.15, 0.2) is 47.5 Å². The summed E-state index contributed by atoms with van der Waals surface area (Å²) in [5, 5.41) is 6.69. The van der Waals surface area contributed by atoms with Gasteiger partial charge in [0.05, 0.1) is 20.3 Å². The van der Waals surface area contributed by atoms with Crippen LogP contribution in [0.4, 0.5) is 4.39 Å². The zero-order valence-electron chi connectivity index (χ0n) is 18.4. The van der Waals surface area contributed by atoms with Gasteiger partial charge in [-0.3, -0.25) is 9.89 Å². The smallest absolute Gasteiger partial charge is 0.191 e. The van der Waals surface area contributed by atoms with E-state index in [2.05, 4.69) is 32.7 Å². The fraction of sp³-hybridized carbons (Fsp3) is 0.435. The van der Waals surface area contributed by atoms with Crippen LogP contribution >= 0.6 is 24.0 Å². The van der Waals surface area contributed by atoms with E-state index in [0.717, 1.165) is 24.4 Å². The lowest BCUT2D eigenvalue weighted by Crippen LogP contribution is -2.42. The van der Waals surface area contributed by atoms with E-state index in [1.54, 1.807) is 20.2 Å². The summed E-state index contributed by atoms with van der Waals surface area (Å²) in [6.45, 7) is 3.35. The fourth-order valence-electron chi connectivity index (χ4n) is 3.78. The van der Waals surface area contributed by atoms with Crippen molar-refractivity contribution < 1.29 is 13.9 Å². The first-order chi connectivity index (χ1) is 14.6. The van der Waals surface area contributed by atoms with Crippen LogP contribution in [0.5, 0.6) is 11.5 Å². The molecular weight excluding hydrogens is 510 g/mol. The number of benzene rings is 2. The quantitative estimate of drug-likeness (QED) is 0.301. The molecule has 2 aromatic carbocycles. The Morgan fingerprint density at radius 3 is 2.52 bits per heavy atom. The first-order valence-corrected chi connectivity index (χ1v) is 10.3. The molecule has 0 saturated carbocycles. The van der Waals surface area contributed by atoms with Crippen LogP contribution in [0, 0.1) is 5.82 Å². The predicted molar refractivity (Wildman–Crippen MR) is 133 cm³/mol.